The quantitative estimate of drug-likeness (QED) is 0.423. The van der Waals surface area contributed by atoms with Gasteiger partial charge in [-0.05, 0) is 39.2 Å². The second kappa shape index (κ2) is 13.3. The average Bonchev–Trinajstić information content (AvgIpc) is 2.62. The van der Waals surface area contributed by atoms with E-state index in [2.05, 4.69) is 69.0 Å². The van der Waals surface area contributed by atoms with Crippen LogP contribution in [0.15, 0.2) is 4.99 Å². The number of nitrogens with zero attached hydrogens (tertiary/aromatic N) is 3. The maximum atomic E-state index is 5.85. The van der Waals surface area contributed by atoms with Crippen molar-refractivity contribution in [3.05, 3.63) is 0 Å². The summed E-state index contributed by atoms with van der Waals surface area (Å²) >= 11 is 0. The maximum Gasteiger partial charge on any atom is 0.191 e. The van der Waals surface area contributed by atoms with Crippen molar-refractivity contribution in [1.82, 2.24) is 20.4 Å². The fourth-order valence-corrected chi connectivity index (χ4v) is 3.58. The van der Waals surface area contributed by atoms with E-state index in [0.29, 0.717) is 24.0 Å². The molecule has 1 fully saturated rings. The zero-order valence-corrected chi connectivity index (χ0v) is 18.9. The van der Waals surface area contributed by atoms with Crippen molar-refractivity contribution in [2.24, 2.45) is 16.8 Å². The van der Waals surface area contributed by atoms with Gasteiger partial charge in [-0.1, -0.05) is 27.7 Å². The van der Waals surface area contributed by atoms with Crippen LogP contribution in [0.3, 0.4) is 0 Å². The van der Waals surface area contributed by atoms with Gasteiger partial charge in [0.15, 0.2) is 5.96 Å². The lowest BCUT2D eigenvalue weighted by atomic mass is 10.0. The number of hydrogen-bond acceptors (Lipinski definition) is 4. The summed E-state index contributed by atoms with van der Waals surface area (Å²) in [7, 11) is 2.21. The maximum absolute atomic E-state index is 5.85. The van der Waals surface area contributed by atoms with Gasteiger partial charge in [0.25, 0.3) is 0 Å². The van der Waals surface area contributed by atoms with Crippen molar-refractivity contribution in [1.29, 1.82) is 0 Å². The molecule has 2 unspecified atom stereocenters. The summed E-state index contributed by atoms with van der Waals surface area (Å²) in [4.78, 5) is 9.94. The monoisotopic (exact) mass is 383 g/mol. The van der Waals surface area contributed by atoms with Crippen LogP contribution in [-0.4, -0.2) is 87.4 Å². The number of hydrogen-bond donors (Lipinski definition) is 2. The van der Waals surface area contributed by atoms with E-state index in [1.54, 1.807) is 0 Å². The average molecular weight is 384 g/mol. The van der Waals surface area contributed by atoms with Crippen molar-refractivity contribution in [3.8, 4) is 0 Å². The van der Waals surface area contributed by atoms with E-state index >= 15 is 0 Å². The topological polar surface area (TPSA) is 52.1 Å². The molecule has 0 radical (unpaired) electrons. The van der Waals surface area contributed by atoms with Crippen LogP contribution in [-0.2, 0) is 4.74 Å². The number of likely N-dealkylation sites (N-methyl/N-ethyl adjacent to an activating group) is 1. The van der Waals surface area contributed by atoms with Crippen molar-refractivity contribution >= 4 is 5.96 Å². The molecule has 2 atom stereocenters. The number of rotatable bonds is 11. The molecule has 0 spiro atoms. The molecule has 1 heterocycles. The van der Waals surface area contributed by atoms with E-state index < -0.39 is 0 Å². The lowest BCUT2D eigenvalue weighted by Gasteiger charge is -2.39. The molecule has 6 heteroatoms. The Morgan fingerprint density at radius 3 is 2.19 bits per heavy atom. The number of ether oxygens (including phenoxy) is 1. The third-order valence-corrected chi connectivity index (χ3v) is 5.40. The summed E-state index contributed by atoms with van der Waals surface area (Å²) < 4.78 is 5.85. The first-order chi connectivity index (χ1) is 12.9. The summed E-state index contributed by atoms with van der Waals surface area (Å²) in [5, 5.41) is 6.89. The molecule has 2 N–H and O–H groups in total. The van der Waals surface area contributed by atoms with Crippen LogP contribution >= 0.6 is 0 Å². The van der Waals surface area contributed by atoms with E-state index in [0.717, 1.165) is 64.8 Å². The molecule has 1 aliphatic rings. The van der Waals surface area contributed by atoms with E-state index in [1.165, 1.54) is 0 Å². The van der Waals surface area contributed by atoms with Crippen LogP contribution in [0.5, 0.6) is 0 Å². The highest BCUT2D eigenvalue weighted by Crippen LogP contribution is 2.14. The molecule has 0 aromatic carbocycles. The molecule has 6 nitrogen and oxygen atoms in total. The zero-order chi connectivity index (χ0) is 20.2. The Bertz CT molecular complexity index is 405. The Labute approximate surface area is 168 Å². The molecule has 1 rings (SSSR count). The molecule has 0 aliphatic carbocycles. The minimum Gasteiger partial charge on any atom is -0.378 e. The molecule has 160 valence electrons. The molecule has 0 saturated carbocycles. The Hall–Kier alpha value is -0.850. The lowest BCUT2D eigenvalue weighted by molar-refractivity contribution is 0.0258. The highest BCUT2D eigenvalue weighted by atomic mass is 16.5. The van der Waals surface area contributed by atoms with Gasteiger partial charge in [0.1, 0.15) is 0 Å². The van der Waals surface area contributed by atoms with Crippen LogP contribution in [0.1, 0.15) is 48.0 Å². The third-order valence-electron chi connectivity index (χ3n) is 5.40. The van der Waals surface area contributed by atoms with Gasteiger partial charge in [0.2, 0.25) is 0 Å². The molecular weight excluding hydrogens is 338 g/mol. The summed E-state index contributed by atoms with van der Waals surface area (Å²) in [5.74, 6) is 2.06. The standard InChI is InChI=1S/C21H45N5O/c1-8-22-21(23-11-10-20(18(5)6)27-9-2)24-16-19(17(3)4)26-14-12-25(7)13-15-26/h17-20H,8-16H2,1-7H3,(H2,22,23,24). The minimum absolute atomic E-state index is 0.305. The highest BCUT2D eigenvalue weighted by Gasteiger charge is 2.24. The van der Waals surface area contributed by atoms with Crippen LogP contribution in [0.25, 0.3) is 0 Å². The van der Waals surface area contributed by atoms with Crippen molar-refractivity contribution in [3.63, 3.8) is 0 Å². The van der Waals surface area contributed by atoms with Crippen molar-refractivity contribution in [2.75, 3.05) is 59.5 Å². The van der Waals surface area contributed by atoms with E-state index in [4.69, 9.17) is 9.73 Å². The first kappa shape index (κ1) is 24.2. The van der Waals surface area contributed by atoms with Gasteiger partial charge in [0.05, 0.1) is 12.6 Å². The second-order valence-corrected chi connectivity index (χ2v) is 8.32. The molecular formula is C21H45N5O. The van der Waals surface area contributed by atoms with Gasteiger partial charge in [-0.3, -0.25) is 9.89 Å². The Morgan fingerprint density at radius 2 is 1.67 bits per heavy atom. The molecule has 1 saturated heterocycles. The van der Waals surface area contributed by atoms with Gasteiger partial charge in [0, 0.05) is 51.9 Å². The number of piperazine rings is 1. The summed E-state index contributed by atoms with van der Waals surface area (Å²) in [6.07, 6.45) is 1.31. The van der Waals surface area contributed by atoms with E-state index in [1.807, 2.05) is 0 Å². The van der Waals surface area contributed by atoms with Crippen LogP contribution < -0.4 is 10.6 Å². The van der Waals surface area contributed by atoms with Gasteiger partial charge in [-0.25, -0.2) is 0 Å². The number of nitrogens with one attached hydrogen (secondary N) is 2. The molecule has 1 aliphatic heterocycles. The molecule has 0 amide bonds. The van der Waals surface area contributed by atoms with Crippen molar-refractivity contribution in [2.45, 2.75) is 60.1 Å². The zero-order valence-electron chi connectivity index (χ0n) is 18.9. The fourth-order valence-electron chi connectivity index (χ4n) is 3.58. The van der Waals surface area contributed by atoms with Crippen LogP contribution in [0.2, 0.25) is 0 Å². The van der Waals surface area contributed by atoms with Gasteiger partial charge < -0.3 is 20.3 Å². The van der Waals surface area contributed by atoms with Gasteiger partial charge in [-0.2, -0.15) is 0 Å². The Morgan fingerprint density at radius 1 is 1.00 bits per heavy atom. The summed E-state index contributed by atoms with van der Waals surface area (Å²) in [6.45, 7) is 21.2. The molecule has 0 aromatic rings. The predicted octanol–water partition coefficient (Wildman–Crippen LogP) is 2.26. The SMILES string of the molecule is CCNC(=NCC(C(C)C)N1CCN(C)CC1)NCCC(OCC)C(C)C. The lowest BCUT2D eigenvalue weighted by Crippen LogP contribution is -2.52. The Kier molecular flexibility index (Phi) is 12.0. The molecule has 0 aromatic heterocycles. The van der Waals surface area contributed by atoms with E-state index in [9.17, 15) is 0 Å². The highest BCUT2D eigenvalue weighted by molar-refractivity contribution is 5.79. The first-order valence-corrected chi connectivity index (χ1v) is 10.9. The van der Waals surface area contributed by atoms with Crippen LogP contribution in [0, 0.1) is 11.8 Å². The number of guanidine groups is 1. The smallest absolute Gasteiger partial charge is 0.191 e. The fraction of sp³-hybridized carbons (Fsp3) is 0.952. The van der Waals surface area contributed by atoms with Crippen LogP contribution in [0.4, 0.5) is 0 Å². The minimum atomic E-state index is 0.305. The summed E-state index contributed by atoms with van der Waals surface area (Å²) in [6, 6.07) is 0.501. The first-order valence-electron chi connectivity index (χ1n) is 10.9. The Balaban J connectivity index is 2.58. The molecule has 27 heavy (non-hydrogen) atoms. The predicted molar refractivity (Wildman–Crippen MR) is 117 cm³/mol. The van der Waals surface area contributed by atoms with Gasteiger partial charge in [-0.15, -0.1) is 0 Å². The van der Waals surface area contributed by atoms with Gasteiger partial charge >= 0.3 is 0 Å². The normalized spacial score (nSPS) is 19.5. The third kappa shape index (κ3) is 9.26. The largest absolute Gasteiger partial charge is 0.378 e. The second-order valence-electron chi connectivity index (χ2n) is 8.32. The van der Waals surface area contributed by atoms with E-state index in [-0.39, 0.29) is 0 Å². The summed E-state index contributed by atoms with van der Waals surface area (Å²) in [5.41, 5.74) is 0. The number of aliphatic imine (C=N–C) groups is 1. The molecule has 0 bridgehead atoms. The van der Waals surface area contributed by atoms with Crippen molar-refractivity contribution < 1.29 is 4.74 Å².